The Morgan fingerprint density at radius 3 is 2.60 bits per heavy atom. The first-order valence-electron chi connectivity index (χ1n) is 4.19. The molecule has 0 heterocycles. The average molecular weight is 279 g/mol. The van der Waals surface area contributed by atoms with Crippen LogP contribution in [0, 0.1) is 6.92 Å². The largest absolute Gasteiger partial charge is 0.477 e. The van der Waals surface area contributed by atoms with Crippen LogP contribution >= 0.6 is 15.9 Å². The van der Waals surface area contributed by atoms with Gasteiger partial charge in [-0.1, -0.05) is 22.0 Å². The standard InChI is InChI=1S/C10H9BrF2O2/c1-6-4-8(11)3-2-7(6)5-10(12,13)9(14)15/h2-4H,5H2,1H3,(H,14,15). The maximum Gasteiger partial charge on any atom is 0.374 e. The van der Waals surface area contributed by atoms with Crippen LogP contribution in [0.4, 0.5) is 8.78 Å². The van der Waals surface area contributed by atoms with Crippen molar-refractivity contribution in [1.29, 1.82) is 0 Å². The predicted octanol–water partition coefficient (Wildman–Crippen LogP) is 3.02. The van der Waals surface area contributed by atoms with Gasteiger partial charge in [0.25, 0.3) is 0 Å². The Bertz CT molecular complexity index is 391. The van der Waals surface area contributed by atoms with E-state index in [0.717, 1.165) is 4.47 Å². The molecule has 0 aliphatic heterocycles. The highest BCUT2D eigenvalue weighted by Gasteiger charge is 2.39. The minimum absolute atomic E-state index is 0.339. The number of hydrogen-bond donors (Lipinski definition) is 1. The molecule has 0 atom stereocenters. The summed E-state index contributed by atoms with van der Waals surface area (Å²) in [5.41, 5.74) is 0.982. The molecule has 0 aromatic heterocycles. The molecule has 15 heavy (non-hydrogen) atoms. The number of carbonyl (C=O) groups is 1. The van der Waals surface area contributed by atoms with E-state index in [1.807, 2.05) is 0 Å². The molecule has 0 aliphatic carbocycles. The van der Waals surface area contributed by atoms with Crippen LogP contribution in [-0.4, -0.2) is 17.0 Å². The Kier molecular flexibility index (Phi) is 3.44. The maximum atomic E-state index is 12.9. The number of alkyl halides is 2. The SMILES string of the molecule is Cc1cc(Br)ccc1CC(F)(F)C(=O)O. The zero-order valence-electron chi connectivity index (χ0n) is 7.93. The van der Waals surface area contributed by atoms with E-state index in [2.05, 4.69) is 15.9 Å². The third-order valence-electron chi connectivity index (χ3n) is 2.03. The predicted molar refractivity (Wildman–Crippen MR) is 55.2 cm³/mol. The van der Waals surface area contributed by atoms with Crippen LogP contribution in [0.2, 0.25) is 0 Å². The second-order valence-electron chi connectivity index (χ2n) is 3.26. The number of carboxylic acids is 1. The van der Waals surface area contributed by atoms with Crippen molar-refractivity contribution in [3.8, 4) is 0 Å². The third kappa shape index (κ3) is 2.99. The first kappa shape index (κ1) is 12.1. The summed E-state index contributed by atoms with van der Waals surface area (Å²) in [5.74, 6) is -5.80. The van der Waals surface area contributed by atoms with Gasteiger partial charge in [0.2, 0.25) is 0 Å². The second kappa shape index (κ2) is 4.26. The maximum absolute atomic E-state index is 12.9. The van der Waals surface area contributed by atoms with Crippen molar-refractivity contribution in [2.24, 2.45) is 0 Å². The van der Waals surface area contributed by atoms with E-state index in [9.17, 15) is 13.6 Å². The Labute approximate surface area is 94.0 Å². The van der Waals surface area contributed by atoms with Crippen LogP contribution in [0.1, 0.15) is 11.1 Å². The summed E-state index contributed by atoms with van der Waals surface area (Å²) in [6.07, 6.45) is -0.776. The van der Waals surface area contributed by atoms with Crippen molar-refractivity contribution in [1.82, 2.24) is 0 Å². The number of rotatable bonds is 3. The highest BCUT2D eigenvalue weighted by atomic mass is 79.9. The lowest BCUT2D eigenvalue weighted by atomic mass is 10.0. The number of benzene rings is 1. The number of aryl methyl sites for hydroxylation is 1. The van der Waals surface area contributed by atoms with Gasteiger partial charge in [0.15, 0.2) is 0 Å². The quantitative estimate of drug-likeness (QED) is 0.923. The number of hydrogen-bond acceptors (Lipinski definition) is 1. The molecule has 1 aromatic rings. The molecule has 1 N–H and O–H groups in total. The summed E-state index contributed by atoms with van der Waals surface area (Å²) < 4.78 is 26.6. The van der Waals surface area contributed by atoms with E-state index in [1.165, 1.54) is 6.07 Å². The second-order valence-corrected chi connectivity index (χ2v) is 4.17. The normalized spacial score (nSPS) is 11.5. The summed E-state index contributed by atoms with van der Waals surface area (Å²) >= 11 is 3.20. The molecule has 82 valence electrons. The van der Waals surface area contributed by atoms with Gasteiger partial charge in [-0.25, -0.2) is 4.79 Å². The molecule has 0 unspecified atom stereocenters. The van der Waals surface area contributed by atoms with Crippen LogP contribution in [0.5, 0.6) is 0 Å². The molecule has 0 saturated heterocycles. The van der Waals surface area contributed by atoms with Gasteiger partial charge in [0.1, 0.15) is 0 Å². The van der Waals surface area contributed by atoms with Crippen molar-refractivity contribution in [3.63, 3.8) is 0 Å². The fraction of sp³-hybridized carbons (Fsp3) is 0.300. The summed E-state index contributed by atoms with van der Waals surface area (Å²) in [5, 5.41) is 8.29. The van der Waals surface area contributed by atoms with E-state index < -0.39 is 18.3 Å². The molecule has 0 spiro atoms. The van der Waals surface area contributed by atoms with E-state index >= 15 is 0 Å². The van der Waals surface area contributed by atoms with Crippen LogP contribution in [0.15, 0.2) is 22.7 Å². The molecule has 0 fully saturated rings. The van der Waals surface area contributed by atoms with E-state index in [-0.39, 0.29) is 0 Å². The average Bonchev–Trinajstić information content (AvgIpc) is 2.09. The zero-order valence-corrected chi connectivity index (χ0v) is 9.51. The fourth-order valence-electron chi connectivity index (χ4n) is 1.17. The number of carboxylic acid groups (broad SMARTS) is 1. The smallest absolute Gasteiger partial charge is 0.374 e. The Morgan fingerprint density at radius 2 is 2.13 bits per heavy atom. The van der Waals surface area contributed by atoms with Crippen molar-refractivity contribution in [3.05, 3.63) is 33.8 Å². The highest BCUT2D eigenvalue weighted by molar-refractivity contribution is 9.10. The van der Waals surface area contributed by atoms with Gasteiger partial charge in [-0.3, -0.25) is 0 Å². The topological polar surface area (TPSA) is 37.3 Å². The van der Waals surface area contributed by atoms with Crippen molar-refractivity contribution in [2.75, 3.05) is 0 Å². The molecule has 0 saturated carbocycles. The first-order chi connectivity index (χ1) is 6.83. The molecular weight excluding hydrogens is 270 g/mol. The molecule has 0 radical (unpaired) electrons. The molecule has 1 rings (SSSR count). The summed E-state index contributed by atoms with van der Waals surface area (Å²) in [6, 6.07) is 4.78. The zero-order chi connectivity index (χ0) is 11.6. The summed E-state index contributed by atoms with van der Waals surface area (Å²) in [6.45, 7) is 1.66. The van der Waals surface area contributed by atoms with Gasteiger partial charge in [0.05, 0.1) is 0 Å². The molecule has 2 nitrogen and oxygen atoms in total. The molecule has 0 aliphatic rings. The van der Waals surface area contributed by atoms with Gasteiger partial charge in [-0.2, -0.15) is 8.78 Å². The summed E-state index contributed by atoms with van der Waals surface area (Å²) in [7, 11) is 0. The molecule has 1 aromatic carbocycles. The molecule has 0 bridgehead atoms. The number of halogens is 3. The van der Waals surface area contributed by atoms with Crippen molar-refractivity contribution in [2.45, 2.75) is 19.3 Å². The first-order valence-corrected chi connectivity index (χ1v) is 4.98. The lowest BCUT2D eigenvalue weighted by Crippen LogP contribution is -2.30. The number of aliphatic carboxylic acids is 1. The van der Waals surface area contributed by atoms with Crippen molar-refractivity contribution < 1.29 is 18.7 Å². The van der Waals surface area contributed by atoms with E-state index in [0.29, 0.717) is 11.1 Å². The molecule has 5 heteroatoms. The van der Waals surface area contributed by atoms with Crippen LogP contribution in [0.3, 0.4) is 0 Å². The van der Waals surface area contributed by atoms with Gasteiger partial charge in [-0.05, 0) is 30.2 Å². The molecule has 0 amide bonds. The summed E-state index contributed by atoms with van der Waals surface area (Å²) in [4.78, 5) is 10.2. The van der Waals surface area contributed by atoms with E-state index in [1.54, 1.807) is 19.1 Å². The van der Waals surface area contributed by atoms with Crippen LogP contribution in [0.25, 0.3) is 0 Å². The van der Waals surface area contributed by atoms with Gasteiger partial charge in [-0.15, -0.1) is 0 Å². The lowest BCUT2D eigenvalue weighted by molar-refractivity contribution is -0.164. The van der Waals surface area contributed by atoms with E-state index in [4.69, 9.17) is 5.11 Å². The Balaban J connectivity index is 2.95. The Hall–Kier alpha value is -0.970. The van der Waals surface area contributed by atoms with Crippen LogP contribution < -0.4 is 0 Å². The lowest BCUT2D eigenvalue weighted by Gasteiger charge is -2.12. The minimum Gasteiger partial charge on any atom is -0.477 e. The highest BCUT2D eigenvalue weighted by Crippen LogP contribution is 2.24. The van der Waals surface area contributed by atoms with Gasteiger partial charge in [0, 0.05) is 10.9 Å². The Morgan fingerprint density at radius 1 is 1.53 bits per heavy atom. The van der Waals surface area contributed by atoms with Gasteiger partial charge >= 0.3 is 11.9 Å². The minimum atomic E-state index is -3.71. The fourth-order valence-corrected chi connectivity index (χ4v) is 1.65. The van der Waals surface area contributed by atoms with Crippen molar-refractivity contribution >= 4 is 21.9 Å². The monoisotopic (exact) mass is 278 g/mol. The molecular formula is C10H9BrF2O2. The third-order valence-corrected chi connectivity index (χ3v) is 2.52. The van der Waals surface area contributed by atoms with Gasteiger partial charge < -0.3 is 5.11 Å². The van der Waals surface area contributed by atoms with Crippen LogP contribution in [-0.2, 0) is 11.2 Å².